The van der Waals surface area contributed by atoms with Crippen molar-refractivity contribution in [1.29, 1.82) is 0 Å². The van der Waals surface area contributed by atoms with E-state index in [2.05, 4.69) is 17.2 Å². The minimum atomic E-state index is -0.268. The van der Waals surface area contributed by atoms with Gasteiger partial charge in [0.25, 0.3) is 5.56 Å². The molecule has 2 heterocycles. The monoisotopic (exact) mass is 439 g/mol. The average molecular weight is 440 g/mol. The summed E-state index contributed by atoms with van der Waals surface area (Å²) < 4.78 is 1.73. The minimum Gasteiger partial charge on any atom is -0.393 e. The molecule has 2 aliphatic carbocycles. The van der Waals surface area contributed by atoms with Gasteiger partial charge in [0.05, 0.1) is 11.6 Å². The van der Waals surface area contributed by atoms with E-state index in [0.29, 0.717) is 11.8 Å². The molecule has 0 radical (unpaired) electrons. The predicted octanol–water partition coefficient (Wildman–Crippen LogP) is 3.82. The van der Waals surface area contributed by atoms with Crippen LogP contribution in [0, 0.1) is 24.7 Å². The number of aliphatic hydroxyl groups is 1. The van der Waals surface area contributed by atoms with Crippen molar-refractivity contribution in [2.45, 2.75) is 83.8 Å². The molecular formula is C26H37N3O3. The number of aliphatic hydroxyl groups excluding tert-OH is 1. The maximum atomic E-state index is 13.2. The number of pyridine rings is 2. The van der Waals surface area contributed by atoms with Gasteiger partial charge in [-0.1, -0.05) is 6.92 Å². The van der Waals surface area contributed by atoms with Crippen molar-refractivity contribution in [2.75, 3.05) is 0 Å². The van der Waals surface area contributed by atoms with Crippen LogP contribution in [0.25, 0.3) is 10.9 Å². The van der Waals surface area contributed by atoms with Crippen molar-refractivity contribution in [2.24, 2.45) is 24.8 Å². The van der Waals surface area contributed by atoms with Crippen LogP contribution in [0.5, 0.6) is 0 Å². The molecule has 2 aliphatic rings. The lowest BCUT2D eigenvalue weighted by atomic mass is 9.71. The van der Waals surface area contributed by atoms with Crippen molar-refractivity contribution < 1.29 is 9.90 Å². The van der Waals surface area contributed by atoms with E-state index < -0.39 is 0 Å². The molecule has 1 amide bonds. The zero-order valence-corrected chi connectivity index (χ0v) is 19.8. The molecule has 0 spiro atoms. The number of aryl methyl sites for hydroxylation is 2. The normalized spacial score (nSPS) is 29.6. The summed E-state index contributed by atoms with van der Waals surface area (Å²) in [6.45, 7) is 6.00. The van der Waals surface area contributed by atoms with E-state index in [-0.39, 0.29) is 35.4 Å². The second kappa shape index (κ2) is 9.34. The molecule has 174 valence electrons. The molecule has 2 fully saturated rings. The Balaban J connectivity index is 1.49. The molecule has 32 heavy (non-hydrogen) atoms. The topological polar surface area (TPSA) is 84.2 Å². The molecule has 0 bridgehead atoms. The number of hydrogen-bond acceptors (Lipinski definition) is 4. The van der Waals surface area contributed by atoms with Gasteiger partial charge in [0.1, 0.15) is 0 Å². The Morgan fingerprint density at radius 1 is 1.19 bits per heavy atom. The second-order valence-electron chi connectivity index (χ2n) is 10.3. The summed E-state index contributed by atoms with van der Waals surface area (Å²) in [6, 6.07) is 4.16. The largest absolute Gasteiger partial charge is 0.393 e. The molecular weight excluding hydrogens is 402 g/mol. The lowest BCUT2D eigenvalue weighted by Crippen LogP contribution is -2.43. The molecule has 6 nitrogen and oxygen atoms in total. The summed E-state index contributed by atoms with van der Waals surface area (Å²) >= 11 is 0. The molecule has 0 aliphatic heterocycles. The molecule has 2 N–H and O–H groups in total. The Hall–Kier alpha value is -2.21. The van der Waals surface area contributed by atoms with Crippen LogP contribution in [-0.2, 0) is 11.8 Å². The van der Waals surface area contributed by atoms with Crippen LogP contribution in [0.15, 0.2) is 23.1 Å². The number of nitrogens with zero attached hydrogens (tertiary/aromatic N) is 2. The number of nitrogens with one attached hydrogen (secondary N) is 1. The van der Waals surface area contributed by atoms with E-state index in [1.807, 2.05) is 39.2 Å². The number of rotatable bonds is 4. The molecule has 4 unspecified atom stereocenters. The van der Waals surface area contributed by atoms with Gasteiger partial charge in [-0.3, -0.25) is 14.6 Å². The summed E-state index contributed by atoms with van der Waals surface area (Å²) in [4.78, 5) is 30.8. The first-order valence-electron chi connectivity index (χ1n) is 12.2. The Kier molecular flexibility index (Phi) is 6.70. The number of amides is 1. The van der Waals surface area contributed by atoms with Gasteiger partial charge >= 0.3 is 0 Å². The highest BCUT2D eigenvalue weighted by molar-refractivity contribution is 5.80. The van der Waals surface area contributed by atoms with E-state index in [1.165, 1.54) is 0 Å². The van der Waals surface area contributed by atoms with Crippen LogP contribution in [0.3, 0.4) is 0 Å². The fourth-order valence-electron chi connectivity index (χ4n) is 5.81. The third-order valence-corrected chi connectivity index (χ3v) is 8.04. The lowest BCUT2D eigenvalue weighted by molar-refractivity contribution is -0.127. The van der Waals surface area contributed by atoms with Gasteiger partial charge in [0.15, 0.2) is 0 Å². The molecule has 2 saturated carbocycles. The van der Waals surface area contributed by atoms with Crippen LogP contribution < -0.4 is 10.9 Å². The average Bonchev–Trinajstić information content (AvgIpc) is 2.77. The van der Waals surface area contributed by atoms with Crippen molar-refractivity contribution >= 4 is 16.8 Å². The van der Waals surface area contributed by atoms with Crippen LogP contribution >= 0.6 is 0 Å². The number of hydrogen-bond donors (Lipinski definition) is 2. The third-order valence-electron chi connectivity index (χ3n) is 8.04. The highest BCUT2D eigenvalue weighted by atomic mass is 16.3. The second-order valence-corrected chi connectivity index (χ2v) is 10.3. The quantitative estimate of drug-likeness (QED) is 0.759. The van der Waals surface area contributed by atoms with Crippen molar-refractivity contribution in [3.63, 3.8) is 0 Å². The van der Waals surface area contributed by atoms with Crippen molar-refractivity contribution in [1.82, 2.24) is 14.9 Å². The molecule has 4 rings (SSSR count). The maximum absolute atomic E-state index is 13.2. The third kappa shape index (κ3) is 4.61. The first-order chi connectivity index (χ1) is 15.2. The minimum absolute atomic E-state index is 0.0393. The van der Waals surface area contributed by atoms with Gasteiger partial charge < -0.3 is 15.0 Å². The van der Waals surface area contributed by atoms with E-state index in [1.54, 1.807) is 4.57 Å². The van der Waals surface area contributed by atoms with Crippen LogP contribution in [0.4, 0.5) is 0 Å². The smallest absolute Gasteiger partial charge is 0.254 e. The Labute approximate surface area is 190 Å². The van der Waals surface area contributed by atoms with E-state index in [9.17, 15) is 14.7 Å². The molecule has 2 aromatic rings. The molecule has 0 aromatic carbocycles. The summed E-state index contributed by atoms with van der Waals surface area (Å²) in [5.74, 6) is 0.879. The van der Waals surface area contributed by atoms with Gasteiger partial charge in [-0.15, -0.1) is 0 Å². The van der Waals surface area contributed by atoms with Crippen LogP contribution in [-0.4, -0.2) is 32.7 Å². The van der Waals surface area contributed by atoms with Gasteiger partial charge in [0, 0.05) is 41.8 Å². The Morgan fingerprint density at radius 3 is 2.59 bits per heavy atom. The van der Waals surface area contributed by atoms with Gasteiger partial charge in [-0.2, -0.15) is 0 Å². The van der Waals surface area contributed by atoms with Gasteiger partial charge in [-0.25, -0.2) is 0 Å². The Morgan fingerprint density at radius 2 is 1.91 bits per heavy atom. The molecule has 2 aromatic heterocycles. The van der Waals surface area contributed by atoms with E-state index in [0.717, 1.165) is 67.1 Å². The van der Waals surface area contributed by atoms with Crippen LogP contribution in [0.1, 0.15) is 76.0 Å². The van der Waals surface area contributed by atoms with Gasteiger partial charge in [0.2, 0.25) is 5.91 Å². The summed E-state index contributed by atoms with van der Waals surface area (Å²) in [5.41, 5.74) is 2.65. The van der Waals surface area contributed by atoms with Crippen LogP contribution in [0.2, 0.25) is 0 Å². The van der Waals surface area contributed by atoms with Gasteiger partial charge in [-0.05, 0) is 88.7 Å². The lowest BCUT2D eigenvalue weighted by Gasteiger charge is -2.36. The van der Waals surface area contributed by atoms with E-state index >= 15 is 0 Å². The first kappa shape index (κ1) is 23.0. The first-order valence-corrected chi connectivity index (χ1v) is 12.2. The molecule has 4 atom stereocenters. The number of carbonyl (C=O) groups is 1. The fraction of sp³-hybridized carbons (Fsp3) is 0.654. The zero-order chi connectivity index (χ0) is 23.0. The molecule has 0 saturated heterocycles. The predicted molar refractivity (Wildman–Crippen MR) is 127 cm³/mol. The summed E-state index contributed by atoms with van der Waals surface area (Å²) in [6.07, 6.45) is 7.92. The summed E-state index contributed by atoms with van der Waals surface area (Å²) in [5, 5.41) is 14.1. The number of fused-ring (bicyclic) bond motifs is 1. The van der Waals surface area contributed by atoms with Crippen molar-refractivity contribution in [3.05, 3.63) is 39.9 Å². The zero-order valence-electron chi connectivity index (χ0n) is 19.8. The van der Waals surface area contributed by atoms with E-state index in [4.69, 9.17) is 0 Å². The molecule has 6 heteroatoms. The highest BCUT2D eigenvalue weighted by Crippen LogP contribution is 2.40. The highest BCUT2D eigenvalue weighted by Gasteiger charge is 2.35. The Bertz CT molecular complexity index is 1040. The number of carbonyl (C=O) groups excluding carboxylic acids is 1. The fourth-order valence-corrected chi connectivity index (χ4v) is 5.81. The number of aromatic nitrogens is 2. The SMILES string of the molecule is Cc1cc2c(cn1)cc(C1CC(C(=O)NC3CCC(C(C)O)CC3)CCC1C)c(=O)n2C. The summed E-state index contributed by atoms with van der Waals surface area (Å²) in [7, 11) is 1.83. The standard InChI is InChI=1S/C26H37N3O3/c1-15-5-6-19(25(31)28-21-9-7-18(8-10-21)17(3)30)12-22(15)23-13-20-14-27-16(2)11-24(20)29(4)26(23)32/h11,13-15,17-19,21-22,30H,5-10,12H2,1-4H3,(H,28,31). The van der Waals surface area contributed by atoms with Crippen molar-refractivity contribution in [3.8, 4) is 0 Å². The maximum Gasteiger partial charge on any atom is 0.254 e.